The van der Waals surface area contributed by atoms with Crippen LogP contribution in [0.25, 0.3) is 0 Å². The minimum absolute atomic E-state index is 0.0529. The highest BCUT2D eigenvalue weighted by Crippen LogP contribution is 2.23. The molecule has 0 unspecified atom stereocenters. The lowest BCUT2D eigenvalue weighted by Gasteiger charge is -2.12. The molecule has 0 atom stereocenters. The third-order valence-corrected chi connectivity index (χ3v) is 5.18. The minimum atomic E-state index is -3.68. The van der Waals surface area contributed by atoms with E-state index in [2.05, 4.69) is 20.3 Å². The van der Waals surface area contributed by atoms with Crippen molar-refractivity contribution in [1.29, 1.82) is 0 Å². The number of sulfonamides is 1. The van der Waals surface area contributed by atoms with Gasteiger partial charge in [-0.1, -0.05) is 19.8 Å². The van der Waals surface area contributed by atoms with E-state index in [1.54, 1.807) is 0 Å². The maximum absolute atomic E-state index is 12.0. The van der Waals surface area contributed by atoms with Crippen molar-refractivity contribution in [3.05, 3.63) is 5.82 Å². The Kier molecular flexibility index (Phi) is 5.11. The maximum Gasteiger partial charge on any atom is 0.335 e. The van der Waals surface area contributed by atoms with Crippen molar-refractivity contribution in [2.45, 2.75) is 44.3 Å². The number of carbonyl (C=O) groups excluding carboxylic acids is 1. The Morgan fingerprint density at radius 1 is 1.27 bits per heavy atom. The average Bonchev–Trinajstić information content (AvgIpc) is 3.01. The Labute approximate surface area is 129 Å². The van der Waals surface area contributed by atoms with Gasteiger partial charge < -0.3 is 4.74 Å². The zero-order valence-electron chi connectivity index (χ0n) is 12.5. The van der Waals surface area contributed by atoms with Gasteiger partial charge in [-0.05, 0) is 12.8 Å². The van der Waals surface area contributed by atoms with Crippen LogP contribution >= 0.6 is 0 Å². The molecule has 2 amide bonds. The van der Waals surface area contributed by atoms with E-state index in [4.69, 9.17) is 4.74 Å². The van der Waals surface area contributed by atoms with Crippen molar-refractivity contribution in [2.75, 3.05) is 12.4 Å². The standard InChI is InChI=1S/C12H19N5O4S/c1-3-9-13-10(16-12(14-9)21-2)15-11(18)17-22(19,20)8-6-4-5-7-8/h8H,3-7H2,1-2H3,(H2,13,14,15,16,17,18). The van der Waals surface area contributed by atoms with E-state index >= 15 is 0 Å². The fourth-order valence-corrected chi connectivity index (χ4v) is 3.67. The molecule has 1 aliphatic rings. The molecule has 1 heterocycles. The maximum atomic E-state index is 12.0. The van der Waals surface area contributed by atoms with Crippen molar-refractivity contribution in [3.63, 3.8) is 0 Å². The van der Waals surface area contributed by atoms with Gasteiger partial charge in [-0.2, -0.15) is 15.0 Å². The highest BCUT2D eigenvalue weighted by molar-refractivity contribution is 7.90. The van der Waals surface area contributed by atoms with Gasteiger partial charge >= 0.3 is 12.0 Å². The smallest absolute Gasteiger partial charge is 0.335 e. The largest absolute Gasteiger partial charge is 0.467 e. The van der Waals surface area contributed by atoms with E-state index < -0.39 is 21.3 Å². The molecule has 0 aromatic carbocycles. The molecule has 0 saturated heterocycles. The van der Waals surface area contributed by atoms with E-state index in [9.17, 15) is 13.2 Å². The molecule has 1 fully saturated rings. The number of ether oxygens (including phenoxy) is 1. The van der Waals surface area contributed by atoms with E-state index in [0.29, 0.717) is 25.1 Å². The summed E-state index contributed by atoms with van der Waals surface area (Å²) in [5, 5.41) is 1.78. The zero-order valence-corrected chi connectivity index (χ0v) is 13.3. The summed E-state index contributed by atoms with van der Waals surface area (Å²) in [4.78, 5) is 23.7. The van der Waals surface area contributed by atoms with Crippen LogP contribution in [0.3, 0.4) is 0 Å². The van der Waals surface area contributed by atoms with Gasteiger partial charge in [-0.25, -0.2) is 17.9 Å². The third-order valence-electron chi connectivity index (χ3n) is 3.36. The summed E-state index contributed by atoms with van der Waals surface area (Å²) in [6.45, 7) is 1.84. The van der Waals surface area contributed by atoms with Crippen molar-refractivity contribution in [2.24, 2.45) is 0 Å². The number of urea groups is 1. The average molecular weight is 329 g/mol. The molecule has 0 radical (unpaired) electrons. The summed E-state index contributed by atoms with van der Waals surface area (Å²) in [6, 6.07) is -0.831. The molecule has 0 aliphatic heterocycles. The summed E-state index contributed by atoms with van der Waals surface area (Å²) in [5.41, 5.74) is 0. The molecule has 2 rings (SSSR count). The summed E-state index contributed by atoms with van der Waals surface area (Å²) < 4.78 is 31.0. The van der Waals surface area contributed by atoms with Crippen LogP contribution in [-0.4, -0.2) is 41.8 Å². The Bertz CT molecular complexity index is 621. The van der Waals surface area contributed by atoms with Gasteiger partial charge in [0.15, 0.2) is 0 Å². The molecule has 9 nitrogen and oxygen atoms in total. The van der Waals surface area contributed by atoms with Crippen LogP contribution in [0.4, 0.5) is 10.7 Å². The van der Waals surface area contributed by atoms with E-state index in [1.165, 1.54) is 7.11 Å². The first kappa shape index (κ1) is 16.4. The number of aryl methyl sites for hydroxylation is 1. The quantitative estimate of drug-likeness (QED) is 0.820. The first-order valence-electron chi connectivity index (χ1n) is 7.06. The molecule has 1 aliphatic carbocycles. The first-order chi connectivity index (χ1) is 10.4. The summed E-state index contributed by atoms with van der Waals surface area (Å²) in [5.74, 6) is 0.378. The zero-order chi connectivity index (χ0) is 16.2. The van der Waals surface area contributed by atoms with Crippen LogP contribution in [0.1, 0.15) is 38.4 Å². The number of hydrogen-bond acceptors (Lipinski definition) is 7. The second kappa shape index (κ2) is 6.86. The van der Waals surface area contributed by atoms with E-state index in [1.807, 2.05) is 11.6 Å². The van der Waals surface area contributed by atoms with Crippen molar-refractivity contribution in [1.82, 2.24) is 19.7 Å². The number of rotatable bonds is 5. The fourth-order valence-electron chi connectivity index (χ4n) is 2.24. The van der Waals surface area contributed by atoms with Crippen LogP contribution < -0.4 is 14.8 Å². The van der Waals surface area contributed by atoms with Gasteiger partial charge in [0, 0.05) is 6.42 Å². The SMILES string of the molecule is CCc1nc(NC(=O)NS(=O)(=O)C2CCCC2)nc(OC)n1. The Morgan fingerprint density at radius 3 is 2.55 bits per heavy atom. The summed E-state index contributed by atoms with van der Waals surface area (Å²) >= 11 is 0. The molecule has 1 aromatic rings. The lowest BCUT2D eigenvalue weighted by molar-refractivity contribution is 0.256. The number of nitrogens with one attached hydrogen (secondary N) is 2. The lowest BCUT2D eigenvalue weighted by atomic mass is 10.4. The predicted molar refractivity (Wildman–Crippen MR) is 79.1 cm³/mol. The van der Waals surface area contributed by atoms with Crippen molar-refractivity contribution >= 4 is 22.0 Å². The first-order valence-corrected chi connectivity index (χ1v) is 8.60. The van der Waals surface area contributed by atoms with Crippen LogP contribution in [0.15, 0.2) is 0 Å². The number of carbonyl (C=O) groups is 1. The molecule has 0 bridgehead atoms. The molecular weight excluding hydrogens is 310 g/mol. The third kappa shape index (κ3) is 4.03. The molecule has 2 N–H and O–H groups in total. The Morgan fingerprint density at radius 2 is 1.95 bits per heavy atom. The van der Waals surface area contributed by atoms with Gasteiger partial charge in [0.2, 0.25) is 16.0 Å². The van der Waals surface area contributed by atoms with Crippen LogP contribution in [-0.2, 0) is 16.4 Å². The minimum Gasteiger partial charge on any atom is -0.467 e. The molecule has 1 saturated carbocycles. The summed E-state index contributed by atoms with van der Waals surface area (Å²) in [6.07, 6.45) is 3.38. The monoisotopic (exact) mass is 329 g/mol. The lowest BCUT2D eigenvalue weighted by Crippen LogP contribution is -2.40. The highest BCUT2D eigenvalue weighted by atomic mass is 32.2. The fraction of sp³-hybridized carbons (Fsp3) is 0.667. The number of nitrogens with zero attached hydrogens (tertiary/aromatic N) is 3. The van der Waals surface area contributed by atoms with Gasteiger partial charge in [0.05, 0.1) is 12.4 Å². The highest BCUT2D eigenvalue weighted by Gasteiger charge is 2.30. The molecular formula is C12H19N5O4S. The summed E-state index contributed by atoms with van der Waals surface area (Å²) in [7, 11) is -2.28. The number of anilines is 1. The second-order valence-electron chi connectivity index (χ2n) is 4.92. The molecule has 0 spiro atoms. The van der Waals surface area contributed by atoms with Gasteiger partial charge in [-0.3, -0.25) is 5.32 Å². The van der Waals surface area contributed by atoms with Crippen LogP contribution in [0.2, 0.25) is 0 Å². The number of amides is 2. The number of hydrogen-bond donors (Lipinski definition) is 2. The van der Waals surface area contributed by atoms with Crippen molar-refractivity contribution < 1.29 is 17.9 Å². The number of aromatic nitrogens is 3. The normalized spacial score (nSPS) is 15.5. The van der Waals surface area contributed by atoms with Gasteiger partial charge in [0.1, 0.15) is 5.82 Å². The predicted octanol–water partition coefficient (Wildman–Crippen LogP) is 0.836. The van der Waals surface area contributed by atoms with Gasteiger partial charge in [0.25, 0.3) is 0 Å². The molecule has 22 heavy (non-hydrogen) atoms. The van der Waals surface area contributed by atoms with E-state index in [0.717, 1.165) is 12.8 Å². The molecule has 10 heteroatoms. The Balaban J connectivity index is 2.05. The van der Waals surface area contributed by atoms with Crippen LogP contribution in [0, 0.1) is 0 Å². The van der Waals surface area contributed by atoms with E-state index in [-0.39, 0.29) is 12.0 Å². The molecule has 1 aromatic heterocycles. The molecule has 122 valence electrons. The van der Waals surface area contributed by atoms with Gasteiger partial charge in [-0.15, -0.1) is 0 Å². The number of methoxy groups -OCH3 is 1. The van der Waals surface area contributed by atoms with Crippen LogP contribution in [0.5, 0.6) is 6.01 Å². The van der Waals surface area contributed by atoms with Crippen molar-refractivity contribution in [3.8, 4) is 6.01 Å². The Hall–Kier alpha value is -1.97. The topological polar surface area (TPSA) is 123 Å². The second-order valence-corrected chi connectivity index (χ2v) is 6.88.